The number of hydrogen-bond acceptors (Lipinski definition) is 3. The first-order chi connectivity index (χ1) is 14.4. The summed E-state index contributed by atoms with van der Waals surface area (Å²) in [7, 11) is 0. The first-order valence-corrected chi connectivity index (χ1v) is 10.0. The van der Waals surface area contributed by atoms with Gasteiger partial charge in [-0.05, 0) is 30.3 Å². The first-order valence-electron chi connectivity index (χ1n) is 9.27. The Morgan fingerprint density at radius 1 is 0.933 bits per heavy atom. The molecule has 0 atom stereocenters. The van der Waals surface area contributed by atoms with Crippen molar-refractivity contribution in [3.63, 3.8) is 0 Å². The third-order valence-corrected chi connectivity index (χ3v) is 5.48. The van der Waals surface area contributed by atoms with Gasteiger partial charge in [0.05, 0.1) is 28.0 Å². The molecule has 0 bridgehead atoms. The molecular formula is C21H17Cl2FN4O2. The van der Waals surface area contributed by atoms with Crippen LogP contribution in [0.3, 0.4) is 0 Å². The Hall–Kier alpha value is -2.90. The van der Waals surface area contributed by atoms with Gasteiger partial charge < -0.3 is 9.80 Å². The normalized spacial score (nSPS) is 14.1. The summed E-state index contributed by atoms with van der Waals surface area (Å²) < 4.78 is 15.4. The van der Waals surface area contributed by atoms with Crippen LogP contribution in [0.15, 0.2) is 54.9 Å². The molecule has 1 saturated heterocycles. The molecule has 1 aromatic heterocycles. The van der Waals surface area contributed by atoms with Gasteiger partial charge in [-0.15, -0.1) is 0 Å². The zero-order chi connectivity index (χ0) is 21.3. The summed E-state index contributed by atoms with van der Waals surface area (Å²) in [5, 5.41) is 5.15. The van der Waals surface area contributed by atoms with E-state index in [0.717, 1.165) is 0 Å². The van der Waals surface area contributed by atoms with Gasteiger partial charge in [0.2, 0.25) is 0 Å². The number of amides is 2. The predicted molar refractivity (Wildman–Crippen MR) is 112 cm³/mol. The minimum absolute atomic E-state index is 0.0402. The number of carbonyl (C=O) groups excluding carboxylic acids is 2. The molecule has 3 aromatic rings. The van der Waals surface area contributed by atoms with E-state index in [1.54, 1.807) is 46.3 Å². The van der Waals surface area contributed by atoms with E-state index in [1.165, 1.54) is 23.0 Å². The van der Waals surface area contributed by atoms with Gasteiger partial charge in [-0.2, -0.15) is 5.10 Å². The number of hydrogen-bond donors (Lipinski definition) is 0. The van der Waals surface area contributed by atoms with Crippen molar-refractivity contribution in [3.05, 3.63) is 81.8 Å². The minimum Gasteiger partial charge on any atom is -0.335 e. The number of halogens is 3. The van der Waals surface area contributed by atoms with Crippen molar-refractivity contribution in [2.45, 2.75) is 0 Å². The summed E-state index contributed by atoms with van der Waals surface area (Å²) in [6.07, 6.45) is 3.08. The van der Waals surface area contributed by atoms with Gasteiger partial charge in [0.15, 0.2) is 0 Å². The lowest BCUT2D eigenvalue weighted by Gasteiger charge is -2.34. The van der Waals surface area contributed by atoms with Crippen LogP contribution < -0.4 is 0 Å². The summed E-state index contributed by atoms with van der Waals surface area (Å²) >= 11 is 12.1. The van der Waals surface area contributed by atoms with Crippen LogP contribution in [-0.2, 0) is 0 Å². The van der Waals surface area contributed by atoms with Crippen molar-refractivity contribution < 1.29 is 14.0 Å². The van der Waals surface area contributed by atoms with Crippen LogP contribution in [0.2, 0.25) is 10.0 Å². The largest absolute Gasteiger partial charge is 0.335 e. The molecule has 0 spiro atoms. The van der Waals surface area contributed by atoms with E-state index in [2.05, 4.69) is 5.10 Å². The van der Waals surface area contributed by atoms with E-state index in [1.807, 2.05) is 0 Å². The van der Waals surface area contributed by atoms with Gasteiger partial charge in [-0.3, -0.25) is 9.59 Å². The highest BCUT2D eigenvalue weighted by molar-refractivity contribution is 6.35. The first kappa shape index (κ1) is 20.4. The lowest BCUT2D eigenvalue weighted by molar-refractivity contribution is 0.0533. The number of piperazine rings is 1. The van der Waals surface area contributed by atoms with Crippen LogP contribution in [0.5, 0.6) is 0 Å². The summed E-state index contributed by atoms with van der Waals surface area (Å²) in [4.78, 5) is 28.6. The minimum atomic E-state index is -0.547. The molecule has 0 aliphatic carbocycles. The third kappa shape index (κ3) is 4.04. The SMILES string of the molecule is O=C(c1cnn(-c2ccc(Cl)cc2Cl)c1)N1CCN(C(=O)c2ccccc2F)CC1. The molecule has 0 saturated carbocycles. The molecule has 0 N–H and O–H groups in total. The smallest absolute Gasteiger partial charge is 0.257 e. The molecule has 2 amide bonds. The Labute approximate surface area is 182 Å². The highest BCUT2D eigenvalue weighted by Gasteiger charge is 2.27. The summed E-state index contributed by atoms with van der Waals surface area (Å²) in [6.45, 7) is 1.37. The number of rotatable bonds is 3. The van der Waals surface area contributed by atoms with Crippen LogP contribution in [0.25, 0.3) is 5.69 Å². The van der Waals surface area contributed by atoms with Gasteiger partial charge in [-0.1, -0.05) is 35.3 Å². The van der Waals surface area contributed by atoms with Gasteiger partial charge in [-0.25, -0.2) is 9.07 Å². The zero-order valence-corrected chi connectivity index (χ0v) is 17.3. The van der Waals surface area contributed by atoms with Gasteiger partial charge in [0.25, 0.3) is 11.8 Å². The van der Waals surface area contributed by atoms with Crippen LogP contribution in [0, 0.1) is 5.82 Å². The maximum Gasteiger partial charge on any atom is 0.257 e. The molecule has 9 heteroatoms. The number of benzene rings is 2. The molecule has 2 aromatic carbocycles. The van der Waals surface area contributed by atoms with E-state index >= 15 is 0 Å². The lowest BCUT2D eigenvalue weighted by atomic mass is 10.1. The van der Waals surface area contributed by atoms with Crippen molar-refractivity contribution >= 4 is 35.0 Å². The molecule has 6 nitrogen and oxygen atoms in total. The monoisotopic (exact) mass is 446 g/mol. The summed E-state index contributed by atoms with van der Waals surface area (Å²) in [5.74, 6) is -1.11. The van der Waals surface area contributed by atoms with Crippen molar-refractivity contribution in [1.82, 2.24) is 19.6 Å². The van der Waals surface area contributed by atoms with E-state index in [0.29, 0.717) is 47.5 Å². The molecule has 4 rings (SSSR count). The molecule has 1 aliphatic rings. The highest BCUT2D eigenvalue weighted by Crippen LogP contribution is 2.24. The zero-order valence-electron chi connectivity index (χ0n) is 15.8. The molecule has 1 aliphatic heterocycles. The molecule has 0 radical (unpaired) electrons. The third-order valence-electron chi connectivity index (χ3n) is 4.94. The van der Waals surface area contributed by atoms with Crippen molar-refractivity contribution in [2.75, 3.05) is 26.2 Å². The van der Waals surface area contributed by atoms with Gasteiger partial charge >= 0.3 is 0 Å². The van der Waals surface area contributed by atoms with E-state index in [4.69, 9.17) is 23.2 Å². The molecule has 2 heterocycles. The second-order valence-electron chi connectivity index (χ2n) is 6.83. The van der Waals surface area contributed by atoms with Crippen LogP contribution in [0.1, 0.15) is 20.7 Å². The van der Waals surface area contributed by atoms with Crippen LogP contribution >= 0.6 is 23.2 Å². The molecule has 0 unspecified atom stereocenters. The van der Waals surface area contributed by atoms with Crippen LogP contribution in [0.4, 0.5) is 4.39 Å². The Balaban J connectivity index is 1.42. The summed E-state index contributed by atoms with van der Waals surface area (Å²) in [5.41, 5.74) is 1.06. The second kappa shape index (κ2) is 8.45. The average Bonchev–Trinajstić information content (AvgIpc) is 3.23. The Morgan fingerprint density at radius 2 is 1.60 bits per heavy atom. The fourth-order valence-corrected chi connectivity index (χ4v) is 3.83. The van der Waals surface area contributed by atoms with Gasteiger partial charge in [0, 0.05) is 37.4 Å². The topological polar surface area (TPSA) is 58.4 Å². The van der Waals surface area contributed by atoms with Crippen molar-refractivity contribution in [2.24, 2.45) is 0 Å². The Kier molecular flexibility index (Phi) is 5.74. The number of aromatic nitrogens is 2. The number of carbonyl (C=O) groups is 2. The maximum atomic E-state index is 13.9. The average molecular weight is 447 g/mol. The lowest BCUT2D eigenvalue weighted by Crippen LogP contribution is -2.50. The Morgan fingerprint density at radius 3 is 2.27 bits per heavy atom. The van der Waals surface area contributed by atoms with Gasteiger partial charge in [0.1, 0.15) is 5.82 Å². The fraction of sp³-hybridized carbons (Fsp3) is 0.190. The van der Waals surface area contributed by atoms with Crippen LogP contribution in [-0.4, -0.2) is 57.6 Å². The van der Waals surface area contributed by atoms with E-state index in [9.17, 15) is 14.0 Å². The molecule has 154 valence electrons. The molecule has 30 heavy (non-hydrogen) atoms. The predicted octanol–water partition coefficient (Wildman–Crippen LogP) is 3.92. The second-order valence-corrected chi connectivity index (χ2v) is 7.68. The standard InChI is InChI=1S/C21H17Cl2FN4O2/c22-15-5-6-19(17(23)11-15)28-13-14(12-25-28)20(29)26-7-9-27(10-8-26)21(30)16-3-1-2-4-18(16)24/h1-6,11-13H,7-10H2. The van der Waals surface area contributed by atoms with E-state index < -0.39 is 5.82 Å². The molecule has 1 fully saturated rings. The summed E-state index contributed by atoms with van der Waals surface area (Å²) in [6, 6.07) is 10.9. The van der Waals surface area contributed by atoms with Crippen molar-refractivity contribution in [1.29, 1.82) is 0 Å². The maximum absolute atomic E-state index is 13.9. The quantitative estimate of drug-likeness (QED) is 0.612. The van der Waals surface area contributed by atoms with Crippen molar-refractivity contribution in [3.8, 4) is 5.69 Å². The number of nitrogens with zero attached hydrogens (tertiary/aromatic N) is 4. The molecular weight excluding hydrogens is 430 g/mol. The fourth-order valence-electron chi connectivity index (χ4n) is 3.33. The van der Waals surface area contributed by atoms with E-state index in [-0.39, 0.29) is 17.4 Å². The highest BCUT2D eigenvalue weighted by atomic mass is 35.5. The Bertz CT molecular complexity index is 1110.